The number of aromatic nitrogens is 3. The number of alkyl halides is 3. The highest BCUT2D eigenvalue weighted by Crippen LogP contribution is 2.31. The van der Waals surface area contributed by atoms with E-state index < -0.39 is 17.6 Å². The first kappa shape index (κ1) is 16.9. The molecule has 0 saturated heterocycles. The molecule has 0 aliphatic carbocycles. The first-order valence-electron chi connectivity index (χ1n) is 7.61. The molecule has 0 aliphatic heterocycles. The number of halogens is 3. The molecule has 0 fully saturated rings. The summed E-state index contributed by atoms with van der Waals surface area (Å²) >= 11 is 0. The SMILES string of the molecule is CCC(c1ccc(C(F)(F)F)cc1)n1ncc2cc(C(N)=O)cnc21. The molecule has 0 bridgehead atoms. The van der Waals surface area contributed by atoms with Crippen LogP contribution in [-0.4, -0.2) is 20.7 Å². The average molecular weight is 348 g/mol. The lowest BCUT2D eigenvalue weighted by Crippen LogP contribution is -2.14. The van der Waals surface area contributed by atoms with Crippen LogP contribution in [0.1, 0.15) is 40.9 Å². The maximum atomic E-state index is 12.7. The van der Waals surface area contributed by atoms with Gasteiger partial charge in [0.05, 0.1) is 23.4 Å². The topological polar surface area (TPSA) is 73.8 Å². The van der Waals surface area contributed by atoms with E-state index in [1.807, 2.05) is 6.92 Å². The third-order valence-electron chi connectivity index (χ3n) is 4.02. The number of hydrogen-bond donors (Lipinski definition) is 1. The Balaban J connectivity index is 2.01. The number of benzene rings is 1. The number of rotatable bonds is 4. The summed E-state index contributed by atoms with van der Waals surface area (Å²) in [6.45, 7) is 1.91. The van der Waals surface area contributed by atoms with Gasteiger partial charge in [-0.05, 0) is 30.2 Å². The predicted octanol–water partition coefficient (Wildman–Crippen LogP) is 3.55. The molecule has 0 radical (unpaired) electrons. The number of pyridine rings is 1. The van der Waals surface area contributed by atoms with Crippen molar-refractivity contribution < 1.29 is 18.0 Å². The van der Waals surface area contributed by atoms with Gasteiger partial charge in [-0.25, -0.2) is 9.67 Å². The molecule has 130 valence electrons. The molecule has 0 saturated carbocycles. The second-order valence-electron chi connectivity index (χ2n) is 5.63. The first-order chi connectivity index (χ1) is 11.8. The van der Waals surface area contributed by atoms with Crippen LogP contribution in [0.5, 0.6) is 0 Å². The quantitative estimate of drug-likeness (QED) is 0.784. The van der Waals surface area contributed by atoms with E-state index >= 15 is 0 Å². The fourth-order valence-corrected chi connectivity index (χ4v) is 2.75. The van der Waals surface area contributed by atoms with E-state index in [1.54, 1.807) is 16.9 Å². The highest BCUT2D eigenvalue weighted by molar-refractivity contribution is 5.95. The Kier molecular flexibility index (Phi) is 4.20. The van der Waals surface area contributed by atoms with Crippen molar-refractivity contribution in [1.82, 2.24) is 14.8 Å². The second kappa shape index (κ2) is 6.19. The van der Waals surface area contributed by atoms with Crippen molar-refractivity contribution >= 4 is 16.9 Å². The standard InChI is InChI=1S/C17H15F3N4O/c1-2-14(10-3-5-13(6-4-10)17(18,19)20)24-16-12(9-23-24)7-11(8-22-16)15(21)25/h3-9,14H,2H2,1H3,(H2,21,25). The van der Waals surface area contributed by atoms with Crippen molar-refractivity contribution in [3.63, 3.8) is 0 Å². The van der Waals surface area contributed by atoms with Crippen molar-refractivity contribution in [2.75, 3.05) is 0 Å². The smallest absolute Gasteiger partial charge is 0.366 e. The molecule has 1 aromatic carbocycles. The van der Waals surface area contributed by atoms with E-state index in [1.165, 1.54) is 18.3 Å². The highest BCUT2D eigenvalue weighted by Gasteiger charge is 2.30. The number of carbonyl (C=O) groups excluding carboxylic acids is 1. The van der Waals surface area contributed by atoms with Gasteiger partial charge in [0, 0.05) is 11.6 Å². The van der Waals surface area contributed by atoms with Crippen LogP contribution in [0.3, 0.4) is 0 Å². The van der Waals surface area contributed by atoms with Gasteiger partial charge in [-0.15, -0.1) is 0 Å². The monoisotopic (exact) mass is 348 g/mol. The van der Waals surface area contributed by atoms with Crippen LogP contribution in [0.15, 0.2) is 42.7 Å². The normalized spacial score (nSPS) is 13.1. The summed E-state index contributed by atoms with van der Waals surface area (Å²) in [5, 5.41) is 4.93. The molecule has 2 N–H and O–H groups in total. The van der Waals surface area contributed by atoms with E-state index in [0.29, 0.717) is 23.0 Å². The van der Waals surface area contributed by atoms with E-state index in [2.05, 4.69) is 10.1 Å². The Hall–Kier alpha value is -2.90. The summed E-state index contributed by atoms with van der Waals surface area (Å²) in [6, 6.07) is 6.33. The largest absolute Gasteiger partial charge is 0.416 e. The summed E-state index contributed by atoms with van der Waals surface area (Å²) in [4.78, 5) is 15.5. The number of nitrogens with zero attached hydrogens (tertiary/aromatic N) is 3. The average Bonchev–Trinajstić information content (AvgIpc) is 2.98. The number of hydrogen-bond acceptors (Lipinski definition) is 3. The molecular formula is C17H15F3N4O. The molecule has 1 unspecified atom stereocenters. The van der Waals surface area contributed by atoms with Gasteiger partial charge in [-0.1, -0.05) is 19.1 Å². The predicted molar refractivity (Wildman–Crippen MR) is 85.9 cm³/mol. The Morgan fingerprint density at radius 3 is 2.48 bits per heavy atom. The molecule has 2 aromatic heterocycles. The van der Waals surface area contributed by atoms with Gasteiger partial charge in [-0.3, -0.25) is 4.79 Å². The maximum Gasteiger partial charge on any atom is 0.416 e. The van der Waals surface area contributed by atoms with Crippen molar-refractivity contribution in [2.45, 2.75) is 25.6 Å². The number of amides is 1. The van der Waals surface area contributed by atoms with Crippen molar-refractivity contribution in [2.24, 2.45) is 5.73 Å². The maximum absolute atomic E-state index is 12.7. The van der Waals surface area contributed by atoms with Crippen LogP contribution in [0.2, 0.25) is 0 Å². The van der Waals surface area contributed by atoms with Gasteiger partial charge in [0.1, 0.15) is 0 Å². The fraction of sp³-hybridized carbons (Fsp3) is 0.235. The Morgan fingerprint density at radius 2 is 1.92 bits per heavy atom. The molecule has 2 heterocycles. The highest BCUT2D eigenvalue weighted by atomic mass is 19.4. The van der Waals surface area contributed by atoms with E-state index in [-0.39, 0.29) is 11.6 Å². The molecule has 3 aromatic rings. The van der Waals surface area contributed by atoms with Crippen molar-refractivity contribution in [3.8, 4) is 0 Å². The summed E-state index contributed by atoms with van der Waals surface area (Å²) in [6.07, 6.45) is -0.837. The molecule has 0 aliphatic rings. The summed E-state index contributed by atoms with van der Waals surface area (Å²) in [5.41, 5.74) is 6.05. The second-order valence-corrected chi connectivity index (χ2v) is 5.63. The minimum Gasteiger partial charge on any atom is -0.366 e. The third kappa shape index (κ3) is 3.19. The van der Waals surface area contributed by atoms with Crippen molar-refractivity contribution in [3.05, 3.63) is 59.4 Å². The lowest BCUT2D eigenvalue weighted by atomic mass is 10.0. The zero-order valence-electron chi connectivity index (χ0n) is 13.3. The molecule has 3 rings (SSSR count). The van der Waals surface area contributed by atoms with E-state index in [0.717, 1.165) is 12.1 Å². The Labute approximate surface area is 141 Å². The van der Waals surface area contributed by atoms with Gasteiger partial charge < -0.3 is 5.73 Å². The molecular weight excluding hydrogens is 333 g/mol. The van der Waals surface area contributed by atoms with Crippen molar-refractivity contribution in [1.29, 1.82) is 0 Å². The van der Waals surface area contributed by atoms with Crippen LogP contribution in [0.25, 0.3) is 11.0 Å². The summed E-state index contributed by atoms with van der Waals surface area (Å²) < 4.78 is 39.8. The zero-order chi connectivity index (χ0) is 18.2. The van der Waals surface area contributed by atoms with E-state index in [4.69, 9.17) is 5.73 Å². The molecule has 1 atom stereocenters. The van der Waals surface area contributed by atoms with E-state index in [9.17, 15) is 18.0 Å². The molecule has 5 nitrogen and oxygen atoms in total. The molecule has 8 heteroatoms. The number of fused-ring (bicyclic) bond motifs is 1. The number of carbonyl (C=O) groups is 1. The van der Waals surface area contributed by atoms with Crippen LogP contribution >= 0.6 is 0 Å². The van der Waals surface area contributed by atoms with Gasteiger partial charge in [0.25, 0.3) is 0 Å². The van der Waals surface area contributed by atoms with Crippen LogP contribution in [-0.2, 0) is 6.18 Å². The van der Waals surface area contributed by atoms with Crippen LogP contribution in [0.4, 0.5) is 13.2 Å². The van der Waals surface area contributed by atoms with Gasteiger partial charge >= 0.3 is 6.18 Å². The molecule has 0 spiro atoms. The third-order valence-corrected chi connectivity index (χ3v) is 4.02. The number of primary amides is 1. The molecule has 1 amide bonds. The van der Waals surface area contributed by atoms with Gasteiger partial charge in [0.2, 0.25) is 5.91 Å². The fourth-order valence-electron chi connectivity index (χ4n) is 2.75. The summed E-state index contributed by atoms with van der Waals surface area (Å²) in [5.74, 6) is -0.586. The van der Waals surface area contributed by atoms with Gasteiger partial charge in [0.15, 0.2) is 5.65 Å². The molecule has 25 heavy (non-hydrogen) atoms. The minimum atomic E-state index is -4.37. The number of nitrogens with two attached hydrogens (primary N) is 1. The lowest BCUT2D eigenvalue weighted by Gasteiger charge is -2.17. The van der Waals surface area contributed by atoms with Gasteiger partial charge in [-0.2, -0.15) is 18.3 Å². The zero-order valence-corrected chi connectivity index (χ0v) is 13.3. The van der Waals surface area contributed by atoms with Crippen LogP contribution in [0, 0.1) is 0 Å². The first-order valence-corrected chi connectivity index (χ1v) is 7.61. The Bertz CT molecular complexity index is 916. The Morgan fingerprint density at radius 1 is 1.24 bits per heavy atom. The minimum absolute atomic E-state index is 0.272. The summed E-state index contributed by atoms with van der Waals surface area (Å²) in [7, 11) is 0. The van der Waals surface area contributed by atoms with Crippen LogP contribution < -0.4 is 5.73 Å². The lowest BCUT2D eigenvalue weighted by molar-refractivity contribution is -0.137.